The summed E-state index contributed by atoms with van der Waals surface area (Å²) in [7, 11) is 4.43. The largest absolute Gasteiger partial charge is 0.389 e. The van der Waals surface area contributed by atoms with E-state index in [2.05, 4.69) is 57.7 Å². The van der Waals surface area contributed by atoms with E-state index in [1.54, 1.807) is 5.57 Å². The molecule has 0 bridgehead atoms. The third-order valence-electron chi connectivity index (χ3n) is 13.8. The van der Waals surface area contributed by atoms with Gasteiger partial charge < -0.3 is 14.7 Å². The van der Waals surface area contributed by atoms with Crippen molar-refractivity contribution in [2.75, 3.05) is 33.7 Å². The Morgan fingerprint density at radius 2 is 1.92 bits per heavy atom. The lowest BCUT2D eigenvalue weighted by molar-refractivity contribution is -0.148. The number of likely N-dealkylation sites (tertiary alicyclic amines) is 1. The highest BCUT2D eigenvalue weighted by atomic mass is 16.5. The molecule has 4 nitrogen and oxygen atoms in total. The Morgan fingerprint density at radius 1 is 1.11 bits per heavy atom. The van der Waals surface area contributed by atoms with Crippen LogP contribution in [0, 0.1) is 45.8 Å². The fraction of sp³-hybridized carbons (Fsp3) is 0.938. The standard InChI is InChI=1S/C32H52N2O2/c1-20-15-27-28(34(18-20)14-13-33(5)6)21(2)32(36-27)12-10-25-24-8-7-22-16-23(35)9-11-29(22,3)26(24)17-31(25)19-30(31,32)4/h16,20-21,23-28,35H,7-15,17-19H2,1-6H3/t20-,21+,23-,24-,25-,26-,27+,28-,29-,30?,31?,32?/m0/s1. The first-order chi connectivity index (χ1) is 17.0. The van der Waals surface area contributed by atoms with Crippen molar-refractivity contribution in [1.82, 2.24) is 9.80 Å². The van der Waals surface area contributed by atoms with Crippen LogP contribution in [-0.2, 0) is 4.74 Å². The van der Waals surface area contributed by atoms with Gasteiger partial charge in [0.15, 0.2) is 0 Å². The number of fused-ring (bicyclic) bond motifs is 6. The lowest BCUT2D eigenvalue weighted by Crippen LogP contribution is -2.55. The van der Waals surface area contributed by atoms with E-state index in [1.165, 1.54) is 64.5 Å². The molecule has 36 heavy (non-hydrogen) atoms. The van der Waals surface area contributed by atoms with Gasteiger partial charge in [0.25, 0.3) is 0 Å². The van der Waals surface area contributed by atoms with Gasteiger partial charge in [-0.25, -0.2) is 0 Å². The van der Waals surface area contributed by atoms with Crippen LogP contribution in [0.2, 0.25) is 0 Å². The minimum Gasteiger partial charge on any atom is -0.389 e. The topological polar surface area (TPSA) is 35.9 Å². The molecule has 12 atom stereocenters. The Labute approximate surface area is 220 Å². The summed E-state index contributed by atoms with van der Waals surface area (Å²) in [4.78, 5) is 5.18. The van der Waals surface area contributed by atoms with Gasteiger partial charge in [0, 0.05) is 37.0 Å². The zero-order chi connectivity index (χ0) is 25.3. The molecule has 1 N–H and O–H groups in total. The summed E-state index contributed by atoms with van der Waals surface area (Å²) in [5.41, 5.74) is 2.88. The number of aliphatic hydroxyl groups is 1. The number of likely N-dealkylation sites (N-methyl/N-ethyl adjacent to an activating group) is 1. The Bertz CT molecular complexity index is 948. The fourth-order valence-electron chi connectivity index (χ4n) is 12.1. The van der Waals surface area contributed by atoms with Crippen LogP contribution in [0.1, 0.15) is 85.5 Å². The lowest BCUT2D eigenvalue weighted by Gasteiger charge is -2.50. The Morgan fingerprint density at radius 3 is 2.69 bits per heavy atom. The molecule has 5 aliphatic carbocycles. The summed E-state index contributed by atoms with van der Waals surface area (Å²) in [5.74, 6) is 3.99. The molecular weight excluding hydrogens is 444 g/mol. The smallest absolute Gasteiger partial charge is 0.0787 e. The molecule has 2 heterocycles. The molecule has 4 heteroatoms. The first-order valence-corrected chi connectivity index (χ1v) is 15.5. The molecule has 2 aliphatic heterocycles. The fourth-order valence-corrected chi connectivity index (χ4v) is 12.1. The van der Waals surface area contributed by atoms with Gasteiger partial charge in [0.2, 0.25) is 0 Å². The highest BCUT2D eigenvalue weighted by Gasteiger charge is 2.84. The van der Waals surface area contributed by atoms with Crippen LogP contribution < -0.4 is 0 Å². The zero-order valence-electron chi connectivity index (χ0n) is 23.9. The van der Waals surface area contributed by atoms with Crippen LogP contribution in [0.15, 0.2) is 11.6 Å². The molecule has 0 amide bonds. The molecule has 7 rings (SSSR count). The third kappa shape index (κ3) is 2.97. The zero-order valence-corrected chi connectivity index (χ0v) is 23.9. The van der Waals surface area contributed by atoms with Crippen LogP contribution in [0.25, 0.3) is 0 Å². The first kappa shape index (κ1) is 24.6. The van der Waals surface area contributed by atoms with Gasteiger partial charge in [-0.15, -0.1) is 0 Å². The third-order valence-corrected chi connectivity index (χ3v) is 13.8. The second-order valence-electron chi connectivity index (χ2n) is 15.5. The molecule has 4 saturated carbocycles. The summed E-state index contributed by atoms with van der Waals surface area (Å²) in [6.45, 7) is 13.9. The lowest BCUT2D eigenvalue weighted by atomic mass is 9.56. The van der Waals surface area contributed by atoms with Crippen molar-refractivity contribution in [3.05, 3.63) is 11.6 Å². The van der Waals surface area contributed by atoms with Crippen LogP contribution in [-0.4, -0.2) is 72.5 Å². The van der Waals surface area contributed by atoms with Gasteiger partial charge >= 0.3 is 0 Å². The number of rotatable bonds is 3. The highest BCUT2D eigenvalue weighted by molar-refractivity contribution is 5.35. The van der Waals surface area contributed by atoms with Gasteiger partial charge in [-0.05, 0) is 106 Å². The average Bonchev–Trinajstić information content (AvgIpc) is 3.16. The maximum absolute atomic E-state index is 10.4. The summed E-state index contributed by atoms with van der Waals surface area (Å²) >= 11 is 0. The minimum absolute atomic E-state index is 0.0785. The Kier molecular flexibility index (Phi) is 5.35. The van der Waals surface area contributed by atoms with E-state index < -0.39 is 0 Å². The second kappa shape index (κ2) is 7.83. The van der Waals surface area contributed by atoms with Crippen LogP contribution in [0.3, 0.4) is 0 Å². The quantitative estimate of drug-likeness (QED) is 0.534. The van der Waals surface area contributed by atoms with E-state index in [4.69, 9.17) is 4.74 Å². The molecule has 7 aliphatic rings. The van der Waals surface area contributed by atoms with Crippen LogP contribution in [0.5, 0.6) is 0 Å². The summed E-state index contributed by atoms with van der Waals surface area (Å²) < 4.78 is 7.47. The van der Waals surface area contributed by atoms with Crippen LogP contribution in [0.4, 0.5) is 0 Å². The average molecular weight is 497 g/mol. The van der Waals surface area contributed by atoms with E-state index in [1.807, 2.05) is 0 Å². The van der Waals surface area contributed by atoms with Gasteiger partial charge in [0.05, 0.1) is 17.8 Å². The maximum atomic E-state index is 10.4. The molecule has 0 aromatic rings. The molecule has 2 spiro atoms. The number of ether oxygens (including phenoxy) is 1. The molecular formula is C32H52N2O2. The molecule has 0 aromatic carbocycles. The van der Waals surface area contributed by atoms with Gasteiger partial charge in [-0.3, -0.25) is 4.90 Å². The molecule has 2 saturated heterocycles. The predicted octanol–water partition coefficient (Wildman–Crippen LogP) is 5.36. The Hall–Kier alpha value is -0.420. The number of nitrogens with zero attached hydrogens (tertiary/aromatic N) is 2. The van der Waals surface area contributed by atoms with Crippen molar-refractivity contribution in [2.45, 2.75) is 109 Å². The number of allylic oxidation sites excluding steroid dienone is 1. The maximum Gasteiger partial charge on any atom is 0.0787 e. The molecule has 3 unspecified atom stereocenters. The van der Waals surface area contributed by atoms with E-state index in [0.717, 1.165) is 36.6 Å². The summed E-state index contributed by atoms with van der Waals surface area (Å²) in [6.07, 6.45) is 14.0. The minimum atomic E-state index is -0.199. The number of hydrogen-bond donors (Lipinski definition) is 1. The number of aliphatic hydroxyl groups excluding tert-OH is 1. The van der Waals surface area contributed by atoms with Gasteiger partial charge in [-0.2, -0.15) is 0 Å². The van der Waals surface area contributed by atoms with Crippen molar-refractivity contribution in [3.63, 3.8) is 0 Å². The highest BCUT2D eigenvalue weighted by Crippen LogP contribution is 2.87. The van der Waals surface area contributed by atoms with Crippen molar-refractivity contribution in [2.24, 2.45) is 45.8 Å². The first-order valence-electron chi connectivity index (χ1n) is 15.5. The Balaban J connectivity index is 1.19. The van der Waals surface area contributed by atoms with Crippen molar-refractivity contribution >= 4 is 0 Å². The number of hydrogen-bond acceptors (Lipinski definition) is 4. The molecule has 0 radical (unpaired) electrons. The van der Waals surface area contributed by atoms with E-state index >= 15 is 0 Å². The van der Waals surface area contributed by atoms with Crippen molar-refractivity contribution < 1.29 is 9.84 Å². The second-order valence-corrected chi connectivity index (χ2v) is 15.5. The normalized spacial score (nSPS) is 57.6. The SMILES string of the molecule is C[C@H]1C[C@H]2OC3(CC[C@H]4[C@@H]5CCC6=C[C@@H](O)CC[C@]6(C)[C@H]5CC45CC53C)[C@H](C)[C@@H]2N(CCN(C)C)C1. The summed E-state index contributed by atoms with van der Waals surface area (Å²) in [5, 5.41) is 10.4. The van der Waals surface area contributed by atoms with Crippen LogP contribution >= 0.6 is 0 Å². The molecule has 0 aromatic heterocycles. The van der Waals surface area contributed by atoms with E-state index in [0.29, 0.717) is 34.3 Å². The monoisotopic (exact) mass is 496 g/mol. The van der Waals surface area contributed by atoms with Crippen molar-refractivity contribution in [3.8, 4) is 0 Å². The van der Waals surface area contributed by atoms with E-state index in [9.17, 15) is 5.11 Å². The van der Waals surface area contributed by atoms with E-state index in [-0.39, 0.29) is 11.7 Å². The van der Waals surface area contributed by atoms with Crippen molar-refractivity contribution in [1.29, 1.82) is 0 Å². The van der Waals surface area contributed by atoms with Gasteiger partial charge in [-0.1, -0.05) is 39.3 Å². The predicted molar refractivity (Wildman–Crippen MR) is 145 cm³/mol. The molecule has 6 fully saturated rings. The number of piperidine rings is 1. The van der Waals surface area contributed by atoms with Gasteiger partial charge in [0.1, 0.15) is 0 Å². The summed E-state index contributed by atoms with van der Waals surface area (Å²) in [6, 6.07) is 0.600. The molecule has 202 valence electrons.